The summed E-state index contributed by atoms with van der Waals surface area (Å²) in [5, 5.41) is 0. The fourth-order valence-electron chi connectivity index (χ4n) is 3.58. The Morgan fingerprint density at radius 2 is 1.50 bits per heavy atom. The number of alkyl halides is 6. The highest BCUT2D eigenvalue weighted by Gasteiger charge is 2.39. The SMILES string of the molecule is CN1CCN(C(=O)c2cc(C(F)(F)F)cc(C(F)(F)F)c2)[C@H](Cc2ccccc2)C1. The van der Waals surface area contributed by atoms with Crippen molar-refractivity contribution in [3.8, 4) is 0 Å². The summed E-state index contributed by atoms with van der Waals surface area (Å²) in [6.45, 7) is 1.15. The zero-order valence-corrected chi connectivity index (χ0v) is 16.1. The van der Waals surface area contributed by atoms with Crippen molar-refractivity contribution in [2.75, 3.05) is 26.7 Å². The molecule has 0 N–H and O–H groups in total. The van der Waals surface area contributed by atoms with Crippen molar-refractivity contribution in [3.05, 3.63) is 70.8 Å². The first-order valence-corrected chi connectivity index (χ1v) is 9.28. The van der Waals surface area contributed by atoms with Crippen LogP contribution in [-0.4, -0.2) is 48.4 Å². The molecule has 30 heavy (non-hydrogen) atoms. The number of carbonyl (C=O) groups is 1. The highest BCUT2D eigenvalue weighted by Crippen LogP contribution is 2.36. The summed E-state index contributed by atoms with van der Waals surface area (Å²) in [5.74, 6) is -0.833. The summed E-state index contributed by atoms with van der Waals surface area (Å²) in [6.07, 6.45) is -9.55. The van der Waals surface area contributed by atoms with Crippen LogP contribution in [0.25, 0.3) is 0 Å². The van der Waals surface area contributed by atoms with E-state index in [0.717, 1.165) is 5.56 Å². The third-order valence-electron chi connectivity index (χ3n) is 5.10. The number of amides is 1. The van der Waals surface area contributed by atoms with E-state index >= 15 is 0 Å². The number of nitrogens with zero attached hydrogens (tertiary/aromatic N) is 2. The molecule has 0 unspecified atom stereocenters. The number of likely N-dealkylation sites (N-methyl/N-ethyl adjacent to an activating group) is 1. The highest BCUT2D eigenvalue weighted by atomic mass is 19.4. The van der Waals surface area contributed by atoms with Crippen LogP contribution >= 0.6 is 0 Å². The van der Waals surface area contributed by atoms with Crippen LogP contribution in [-0.2, 0) is 18.8 Å². The minimum Gasteiger partial charge on any atom is -0.333 e. The van der Waals surface area contributed by atoms with Gasteiger partial charge < -0.3 is 9.80 Å². The van der Waals surface area contributed by atoms with Crippen molar-refractivity contribution < 1.29 is 31.1 Å². The van der Waals surface area contributed by atoms with Gasteiger partial charge in [-0.2, -0.15) is 26.3 Å². The van der Waals surface area contributed by atoms with Crippen LogP contribution in [0.1, 0.15) is 27.0 Å². The third kappa shape index (κ3) is 5.13. The van der Waals surface area contributed by atoms with Crippen LogP contribution in [0.3, 0.4) is 0 Å². The lowest BCUT2D eigenvalue weighted by Gasteiger charge is -2.40. The van der Waals surface area contributed by atoms with E-state index in [1.807, 2.05) is 42.3 Å². The van der Waals surface area contributed by atoms with Gasteiger partial charge in [0.1, 0.15) is 0 Å². The topological polar surface area (TPSA) is 23.6 Å². The molecule has 2 aromatic rings. The van der Waals surface area contributed by atoms with E-state index in [9.17, 15) is 31.1 Å². The minimum absolute atomic E-state index is 0.0300. The number of carbonyl (C=O) groups excluding carboxylic acids is 1. The Hall–Kier alpha value is -2.55. The van der Waals surface area contributed by atoms with Gasteiger partial charge in [0.2, 0.25) is 0 Å². The maximum atomic E-state index is 13.2. The molecule has 1 heterocycles. The molecule has 9 heteroatoms. The van der Waals surface area contributed by atoms with E-state index in [0.29, 0.717) is 31.6 Å². The van der Waals surface area contributed by atoms with Crippen LogP contribution in [0.2, 0.25) is 0 Å². The first-order chi connectivity index (χ1) is 13.9. The Kier molecular flexibility index (Phi) is 6.12. The minimum atomic E-state index is -5.00. The van der Waals surface area contributed by atoms with Crippen molar-refractivity contribution >= 4 is 5.91 Å². The van der Waals surface area contributed by atoms with E-state index < -0.39 is 35.0 Å². The van der Waals surface area contributed by atoms with Gasteiger partial charge in [-0.25, -0.2) is 0 Å². The van der Waals surface area contributed by atoms with Crippen LogP contribution < -0.4 is 0 Å². The van der Waals surface area contributed by atoms with Gasteiger partial charge in [-0.3, -0.25) is 4.79 Å². The third-order valence-corrected chi connectivity index (χ3v) is 5.10. The van der Waals surface area contributed by atoms with Gasteiger partial charge in [0, 0.05) is 31.2 Å². The molecule has 0 radical (unpaired) electrons. The molecule has 162 valence electrons. The van der Waals surface area contributed by atoms with E-state index in [-0.39, 0.29) is 18.7 Å². The molecule has 0 spiro atoms. The van der Waals surface area contributed by atoms with Gasteiger partial charge in [-0.1, -0.05) is 30.3 Å². The van der Waals surface area contributed by atoms with Crippen LogP contribution in [0, 0.1) is 0 Å². The van der Waals surface area contributed by atoms with Crippen LogP contribution in [0.15, 0.2) is 48.5 Å². The summed E-state index contributed by atoms with van der Waals surface area (Å²) in [4.78, 5) is 16.4. The molecule has 1 fully saturated rings. The van der Waals surface area contributed by atoms with Crippen molar-refractivity contribution in [2.24, 2.45) is 0 Å². The second kappa shape index (κ2) is 8.29. The first kappa shape index (κ1) is 22.1. The number of halogens is 6. The largest absolute Gasteiger partial charge is 0.416 e. The van der Waals surface area contributed by atoms with Gasteiger partial charge in [0.15, 0.2) is 0 Å². The quantitative estimate of drug-likeness (QED) is 0.658. The Labute approximate surface area is 169 Å². The van der Waals surface area contributed by atoms with E-state index in [1.54, 1.807) is 0 Å². The average molecular weight is 430 g/mol. The molecule has 0 aromatic heterocycles. The molecule has 3 rings (SSSR count). The number of benzene rings is 2. The molecule has 0 saturated carbocycles. The Bertz CT molecular complexity index is 862. The fourth-order valence-corrected chi connectivity index (χ4v) is 3.58. The van der Waals surface area contributed by atoms with Gasteiger partial charge in [-0.15, -0.1) is 0 Å². The molecular formula is C21H20F6N2O. The second-order valence-electron chi connectivity index (χ2n) is 7.40. The maximum absolute atomic E-state index is 13.2. The van der Waals surface area contributed by atoms with Gasteiger partial charge in [0.05, 0.1) is 11.1 Å². The lowest BCUT2D eigenvalue weighted by Crippen LogP contribution is -2.55. The summed E-state index contributed by atoms with van der Waals surface area (Å²) in [7, 11) is 1.85. The number of piperazine rings is 1. The number of hydrogen-bond donors (Lipinski definition) is 0. The molecule has 0 aliphatic carbocycles. The summed E-state index contributed by atoms with van der Waals surface area (Å²) in [6, 6.07) is 9.87. The van der Waals surface area contributed by atoms with E-state index in [4.69, 9.17) is 0 Å². The Morgan fingerprint density at radius 3 is 2.03 bits per heavy atom. The van der Waals surface area contributed by atoms with Crippen LogP contribution in [0.5, 0.6) is 0 Å². The normalized spacial score (nSPS) is 18.5. The summed E-state index contributed by atoms with van der Waals surface area (Å²) < 4.78 is 78.9. The molecule has 2 aromatic carbocycles. The zero-order chi connectivity index (χ0) is 22.1. The van der Waals surface area contributed by atoms with Gasteiger partial charge in [0.25, 0.3) is 5.91 Å². The Balaban J connectivity index is 1.96. The molecule has 1 aliphatic heterocycles. The molecule has 1 saturated heterocycles. The lowest BCUT2D eigenvalue weighted by atomic mass is 9.99. The molecular weight excluding hydrogens is 410 g/mol. The van der Waals surface area contributed by atoms with Crippen molar-refractivity contribution in [3.63, 3.8) is 0 Å². The standard InChI is InChI=1S/C21H20F6N2O/c1-28-7-8-29(18(13-28)9-14-5-3-2-4-6-14)19(30)15-10-16(20(22,23)24)12-17(11-15)21(25,26)27/h2-6,10-12,18H,7-9,13H2,1H3/t18-/m1/s1. The van der Waals surface area contributed by atoms with E-state index in [1.165, 1.54) is 4.90 Å². The lowest BCUT2D eigenvalue weighted by molar-refractivity contribution is -0.143. The van der Waals surface area contributed by atoms with Crippen LogP contribution in [0.4, 0.5) is 26.3 Å². The number of hydrogen-bond acceptors (Lipinski definition) is 2. The average Bonchev–Trinajstić information content (AvgIpc) is 2.67. The summed E-state index contributed by atoms with van der Waals surface area (Å²) >= 11 is 0. The van der Waals surface area contributed by atoms with E-state index in [2.05, 4.69) is 0 Å². The van der Waals surface area contributed by atoms with Gasteiger partial charge in [-0.05, 0) is 37.2 Å². The first-order valence-electron chi connectivity index (χ1n) is 9.28. The summed E-state index contributed by atoms with van der Waals surface area (Å²) in [5.41, 5.74) is -2.67. The predicted molar refractivity (Wildman–Crippen MR) is 98.9 cm³/mol. The molecule has 1 atom stereocenters. The van der Waals surface area contributed by atoms with Crippen molar-refractivity contribution in [2.45, 2.75) is 24.8 Å². The second-order valence-corrected chi connectivity index (χ2v) is 7.40. The molecule has 1 amide bonds. The Morgan fingerprint density at radius 1 is 0.933 bits per heavy atom. The predicted octanol–water partition coefficient (Wildman–Crippen LogP) is 4.72. The molecule has 1 aliphatic rings. The highest BCUT2D eigenvalue weighted by molar-refractivity contribution is 5.95. The molecule has 0 bridgehead atoms. The number of rotatable bonds is 3. The van der Waals surface area contributed by atoms with Crippen molar-refractivity contribution in [1.82, 2.24) is 9.80 Å². The fraction of sp³-hybridized carbons (Fsp3) is 0.381. The zero-order valence-electron chi connectivity index (χ0n) is 16.1. The molecule has 3 nitrogen and oxygen atoms in total. The van der Waals surface area contributed by atoms with Gasteiger partial charge >= 0.3 is 12.4 Å². The maximum Gasteiger partial charge on any atom is 0.416 e. The smallest absolute Gasteiger partial charge is 0.333 e. The van der Waals surface area contributed by atoms with Crippen molar-refractivity contribution in [1.29, 1.82) is 0 Å². The monoisotopic (exact) mass is 430 g/mol.